The normalized spacial score (nSPS) is 12.3. The number of halogens is 5. The van der Waals surface area contributed by atoms with Crippen LogP contribution >= 0.6 is 23.2 Å². The fourth-order valence-corrected chi connectivity index (χ4v) is 4.78. The van der Waals surface area contributed by atoms with Gasteiger partial charge in [0.1, 0.15) is 10.4 Å². The van der Waals surface area contributed by atoms with Crippen LogP contribution in [0.3, 0.4) is 0 Å². The van der Waals surface area contributed by atoms with Crippen LogP contribution < -0.4 is 5.56 Å². The van der Waals surface area contributed by atoms with Crippen LogP contribution in [-0.2, 0) is 16.0 Å². The van der Waals surface area contributed by atoms with E-state index in [9.17, 15) is 26.4 Å². The highest BCUT2D eigenvalue weighted by Crippen LogP contribution is 2.32. The lowest BCUT2D eigenvalue weighted by Gasteiger charge is -2.13. The molecular weight excluding hydrogens is 516 g/mol. The molecule has 0 saturated heterocycles. The maximum atomic E-state index is 13.1. The van der Waals surface area contributed by atoms with Gasteiger partial charge in [-0.05, 0) is 48.0 Å². The summed E-state index contributed by atoms with van der Waals surface area (Å²) in [6.45, 7) is 1.40. The summed E-state index contributed by atoms with van der Waals surface area (Å²) >= 11 is 12.1. The van der Waals surface area contributed by atoms with Gasteiger partial charge in [0.05, 0.1) is 16.7 Å². The first-order valence-electron chi connectivity index (χ1n) is 9.57. The minimum atomic E-state index is -4.69. The molecule has 0 unspecified atom stereocenters. The predicted molar refractivity (Wildman–Crippen MR) is 121 cm³/mol. The van der Waals surface area contributed by atoms with Crippen LogP contribution in [0.25, 0.3) is 27.8 Å². The zero-order valence-electron chi connectivity index (χ0n) is 17.1. The smallest absolute Gasteiger partial charge is 0.267 e. The Morgan fingerprint density at radius 1 is 1.00 bits per heavy atom. The van der Waals surface area contributed by atoms with Crippen LogP contribution in [0.2, 0.25) is 10.0 Å². The Kier molecular flexibility index (Phi) is 6.13. The third-order valence-corrected chi connectivity index (χ3v) is 7.10. The Balaban J connectivity index is 1.98. The van der Waals surface area contributed by atoms with E-state index in [0.29, 0.717) is 31.9 Å². The molecule has 0 saturated carbocycles. The molecule has 0 bridgehead atoms. The Morgan fingerprint density at radius 3 is 2.29 bits per heavy atom. The van der Waals surface area contributed by atoms with E-state index in [0.717, 1.165) is 12.1 Å². The lowest BCUT2D eigenvalue weighted by molar-refractivity contribution is -0.137. The molecule has 13 heteroatoms. The molecular formula is C21H13Cl2F3N4O3S. The van der Waals surface area contributed by atoms with Crippen molar-refractivity contribution in [1.82, 2.24) is 20.0 Å². The summed E-state index contributed by atoms with van der Waals surface area (Å²) in [5.41, 5.74) is -1.34. The maximum Gasteiger partial charge on any atom is 0.416 e. The number of hydrogen-bond donors (Lipinski definition) is 0. The van der Waals surface area contributed by atoms with Gasteiger partial charge in [0.2, 0.25) is 0 Å². The summed E-state index contributed by atoms with van der Waals surface area (Å²) in [7, 11) is -3.97. The van der Waals surface area contributed by atoms with Gasteiger partial charge in [-0.2, -0.15) is 17.9 Å². The largest absolute Gasteiger partial charge is 0.416 e. The predicted octanol–water partition coefficient (Wildman–Crippen LogP) is 4.96. The Morgan fingerprint density at radius 2 is 1.68 bits per heavy atom. The zero-order valence-corrected chi connectivity index (χ0v) is 19.5. The monoisotopic (exact) mass is 528 g/mol. The second-order valence-electron chi connectivity index (χ2n) is 7.14. The maximum absolute atomic E-state index is 13.1. The highest BCUT2D eigenvalue weighted by atomic mass is 35.5. The van der Waals surface area contributed by atoms with E-state index in [4.69, 9.17) is 23.2 Å². The Hall–Kier alpha value is -3.02. The van der Waals surface area contributed by atoms with E-state index < -0.39 is 38.3 Å². The summed E-state index contributed by atoms with van der Waals surface area (Å²) in [5, 5.41) is 7.71. The van der Waals surface area contributed by atoms with E-state index in [1.54, 1.807) is 12.1 Å². The topological polar surface area (TPSA) is 94.8 Å². The van der Waals surface area contributed by atoms with Gasteiger partial charge in [-0.3, -0.25) is 4.79 Å². The third-order valence-electron chi connectivity index (χ3n) is 4.93. The average molecular weight is 529 g/mol. The summed E-state index contributed by atoms with van der Waals surface area (Å²) in [5.74, 6) is -0.731. The Bertz CT molecular complexity index is 1590. The molecule has 2 aromatic heterocycles. The van der Waals surface area contributed by atoms with E-state index in [-0.39, 0.29) is 16.2 Å². The van der Waals surface area contributed by atoms with Crippen molar-refractivity contribution in [2.45, 2.75) is 18.0 Å². The van der Waals surface area contributed by atoms with Crippen molar-refractivity contribution in [2.75, 3.05) is 5.75 Å². The van der Waals surface area contributed by atoms with Crippen molar-refractivity contribution in [3.63, 3.8) is 0 Å². The van der Waals surface area contributed by atoms with E-state index in [1.165, 1.54) is 25.3 Å². The molecule has 0 atom stereocenters. The number of sulfone groups is 1. The highest BCUT2D eigenvalue weighted by Gasteiger charge is 2.31. The van der Waals surface area contributed by atoms with Crippen LogP contribution in [0.5, 0.6) is 0 Å². The van der Waals surface area contributed by atoms with Gasteiger partial charge in [-0.1, -0.05) is 35.3 Å². The van der Waals surface area contributed by atoms with E-state index in [2.05, 4.69) is 15.3 Å². The molecule has 0 aliphatic heterocycles. The van der Waals surface area contributed by atoms with Crippen molar-refractivity contribution >= 4 is 43.9 Å². The second kappa shape index (κ2) is 8.64. The number of nitrogens with zero attached hydrogens (tertiary/aromatic N) is 4. The number of pyridine rings is 1. The van der Waals surface area contributed by atoms with Gasteiger partial charge in [0.25, 0.3) is 5.56 Å². The summed E-state index contributed by atoms with van der Waals surface area (Å²) in [6.07, 6.45) is -3.42. The molecule has 176 valence electrons. The van der Waals surface area contributed by atoms with Crippen LogP contribution in [-0.4, -0.2) is 34.1 Å². The Labute approximate surface area is 200 Å². The van der Waals surface area contributed by atoms with Crippen molar-refractivity contribution in [1.29, 1.82) is 0 Å². The molecule has 34 heavy (non-hydrogen) atoms. The van der Waals surface area contributed by atoms with Crippen LogP contribution in [0.4, 0.5) is 13.2 Å². The van der Waals surface area contributed by atoms with Gasteiger partial charge in [-0.15, -0.1) is 5.10 Å². The van der Waals surface area contributed by atoms with Crippen molar-refractivity contribution in [2.24, 2.45) is 0 Å². The minimum Gasteiger partial charge on any atom is -0.267 e. The van der Waals surface area contributed by atoms with E-state index >= 15 is 0 Å². The number of fused-ring (bicyclic) bond motifs is 1. The second-order valence-corrected chi connectivity index (χ2v) is 10.3. The molecule has 4 rings (SSSR count). The first-order chi connectivity index (χ1) is 15.9. The van der Waals surface area contributed by atoms with Crippen LogP contribution in [0, 0.1) is 0 Å². The molecule has 0 aliphatic carbocycles. The lowest BCUT2D eigenvalue weighted by atomic mass is 10.1. The van der Waals surface area contributed by atoms with Crippen molar-refractivity contribution in [3.05, 3.63) is 74.6 Å². The molecule has 0 N–H and O–H groups in total. The van der Waals surface area contributed by atoms with Crippen molar-refractivity contribution in [3.8, 4) is 16.9 Å². The third kappa shape index (κ3) is 4.50. The molecule has 0 aliphatic rings. The minimum absolute atomic E-state index is 0.0839. The zero-order chi connectivity index (χ0) is 24.8. The van der Waals surface area contributed by atoms with Gasteiger partial charge in [0, 0.05) is 21.8 Å². The molecule has 7 nitrogen and oxygen atoms in total. The molecule has 4 aromatic rings. The lowest BCUT2D eigenvalue weighted by Crippen LogP contribution is -2.26. The fourth-order valence-electron chi connectivity index (χ4n) is 3.22. The van der Waals surface area contributed by atoms with Gasteiger partial charge < -0.3 is 0 Å². The van der Waals surface area contributed by atoms with E-state index in [1.807, 2.05) is 0 Å². The number of hydrogen-bond acceptors (Lipinski definition) is 6. The standard InChI is InChI=1S/C21H13Cl2F3N4O3S/c1-2-34(32,33)18-7-12(11-5-14(22)9-15(23)6-11)10-27-19(18)30-20(31)16-8-13(21(24,25)26)3-4-17(16)28-29-30/h3-10H,2H2,1H3. The highest BCUT2D eigenvalue weighted by molar-refractivity contribution is 7.91. The quantitative estimate of drug-likeness (QED) is 0.371. The van der Waals surface area contributed by atoms with Crippen LogP contribution in [0.1, 0.15) is 12.5 Å². The number of benzene rings is 2. The molecule has 0 spiro atoms. The fraction of sp³-hybridized carbons (Fsp3) is 0.143. The first kappa shape index (κ1) is 24.1. The molecule has 0 amide bonds. The number of rotatable bonds is 4. The van der Waals surface area contributed by atoms with Gasteiger partial charge in [-0.25, -0.2) is 13.4 Å². The van der Waals surface area contributed by atoms with Gasteiger partial charge in [0.15, 0.2) is 15.7 Å². The van der Waals surface area contributed by atoms with Gasteiger partial charge >= 0.3 is 6.18 Å². The SMILES string of the molecule is CCS(=O)(=O)c1cc(-c2cc(Cl)cc(Cl)c2)cnc1-n1nnc2ccc(C(F)(F)F)cc2c1=O. The first-order valence-corrected chi connectivity index (χ1v) is 12.0. The molecule has 0 fully saturated rings. The average Bonchev–Trinajstić information content (AvgIpc) is 2.77. The molecule has 2 aromatic carbocycles. The number of aromatic nitrogens is 4. The molecule has 2 heterocycles. The summed E-state index contributed by atoms with van der Waals surface area (Å²) in [6, 6.07) is 8.29. The molecule has 0 radical (unpaired) electrons. The van der Waals surface area contributed by atoms with Crippen molar-refractivity contribution < 1.29 is 21.6 Å². The number of alkyl halides is 3. The summed E-state index contributed by atoms with van der Waals surface area (Å²) < 4.78 is 65.7. The summed E-state index contributed by atoms with van der Waals surface area (Å²) in [4.78, 5) is 16.8. The van der Waals surface area contributed by atoms with Crippen LogP contribution in [0.15, 0.2) is 58.4 Å².